The highest BCUT2D eigenvalue weighted by molar-refractivity contribution is 6.29. The fourth-order valence-corrected chi connectivity index (χ4v) is 1.56. The molecule has 1 amide bonds. The molecule has 6 nitrogen and oxygen atoms in total. The molecule has 0 saturated heterocycles. The van der Waals surface area contributed by atoms with Crippen molar-refractivity contribution in [2.24, 2.45) is 0 Å². The zero-order valence-electron chi connectivity index (χ0n) is 10.9. The fraction of sp³-hybridized carbons (Fsp3) is 0.385. The predicted molar refractivity (Wildman–Crippen MR) is 73.4 cm³/mol. The molecule has 1 aromatic rings. The van der Waals surface area contributed by atoms with Crippen LogP contribution in [0.25, 0.3) is 0 Å². The van der Waals surface area contributed by atoms with E-state index < -0.39 is 18.2 Å². The van der Waals surface area contributed by atoms with Gasteiger partial charge in [-0.25, -0.2) is 4.79 Å². The number of alkyl halides is 1. The van der Waals surface area contributed by atoms with Gasteiger partial charge in [0.1, 0.15) is 12.0 Å². The van der Waals surface area contributed by atoms with Gasteiger partial charge in [-0.3, -0.25) is 4.79 Å². The second kappa shape index (κ2) is 7.84. The van der Waals surface area contributed by atoms with Gasteiger partial charge in [0.05, 0.1) is 6.61 Å². The fourth-order valence-electron chi connectivity index (χ4n) is 1.50. The number of rotatable bonds is 6. The molecule has 110 valence electrons. The number of hydrogen-bond acceptors (Lipinski definition) is 5. The summed E-state index contributed by atoms with van der Waals surface area (Å²) in [6.45, 7) is 1.72. The molecule has 0 aliphatic carbocycles. The van der Waals surface area contributed by atoms with E-state index in [2.05, 4.69) is 10.1 Å². The molecule has 20 heavy (non-hydrogen) atoms. The van der Waals surface area contributed by atoms with Crippen LogP contribution in [0, 0.1) is 0 Å². The minimum Gasteiger partial charge on any atom is -0.464 e. The first-order valence-corrected chi connectivity index (χ1v) is 6.51. The monoisotopic (exact) mass is 301 g/mol. The number of nitrogens with one attached hydrogen (secondary N) is 1. The maximum absolute atomic E-state index is 11.3. The Morgan fingerprint density at radius 1 is 1.30 bits per heavy atom. The van der Waals surface area contributed by atoms with Crippen molar-refractivity contribution in [3.8, 4) is 0 Å². The van der Waals surface area contributed by atoms with Gasteiger partial charge in [-0.2, -0.15) is 0 Å². The molecule has 0 aliphatic rings. The number of carbonyl (C=O) groups is 2. The van der Waals surface area contributed by atoms with E-state index in [-0.39, 0.29) is 18.4 Å². The molecule has 0 aliphatic heterocycles. The van der Waals surface area contributed by atoms with E-state index in [1.54, 1.807) is 6.92 Å². The number of hydrogen-bond donors (Lipinski definition) is 3. The Hall–Kier alpha value is -1.63. The zero-order valence-corrected chi connectivity index (χ0v) is 11.6. The van der Waals surface area contributed by atoms with Crippen molar-refractivity contribution < 1.29 is 24.5 Å². The smallest absolute Gasteiger partial charge is 0.338 e. The molecule has 0 spiro atoms. The zero-order chi connectivity index (χ0) is 15.1. The number of aliphatic hydroxyl groups is 2. The van der Waals surface area contributed by atoms with Gasteiger partial charge >= 0.3 is 5.97 Å². The van der Waals surface area contributed by atoms with Crippen molar-refractivity contribution in [3.05, 3.63) is 29.8 Å². The van der Waals surface area contributed by atoms with E-state index >= 15 is 0 Å². The Labute approximate surface area is 121 Å². The van der Waals surface area contributed by atoms with E-state index in [4.69, 9.17) is 11.6 Å². The summed E-state index contributed by atoms with van der Waals surface area (Å²) in [5.41, 5.74) is 0.826. The number of anilines is 1. The van der Waals surface area contributed by atoms with Crippen molar-refractivity contribution >= 4 is 29.2 Å². The number of carbonyl (C=O) groups excluding carboxylic acids is 2. The van der Waals surface area contributed by atoms with Crippen LogP contribution in [0.5, 0.6) is 0 Å². The van der Waals surface area contributed by atoms with Crippen LogP contribution in [0.3, 0.4) is 0 Å². The molecule has 1 aromatic carbocycles. The quantitative estimate of drug-likeness (QED) is 0.534. The van der Waals surface area contributed by atoms with E-state index in [0.717, 1.165) is 0 Å². The average molecular weight is 302 g/mol. The van der Waals surface area contributed by atoms with Crippen LogP contribution >= 0.6 is 11.6 Å². The third kappa shape index (κ3) is 4.48. The van der Waals surface area contributed by atoms with Crippen LogP contribution in [0.1, 0.15) is 18.6 Å². The van der Waals surface area contributed by atoms with Crippen LogP contribution < -0.4 is 5.32 Å². The summed E-state index contributed by atoms with van der Waals surface area (Å²) in [5.74, 6) is -1.41. The Kier molecular flexibility index (Phi) is 6.44. The average Bonchev–Trinajstić information content (AvgIpc) is 2.46. The number of halogens is 1. The lowest BCUT2D eigenvalue weighted by Gasteiger charge is -2.17. The summed E-state index contributed by atoms with van der Waals surface area (Å²) in [6.07, 6.45) is -3.05. The van der Waals surface area contributed by atoms with Gasteiger partial charge < -0.3 is 20.3 Å². The molecule has 0 bridgehead atoms. The number of benzene rings is 1. The maximum Gasteiger partial charge on any atom is 0.338 e. The molecule has 2 unspecified atom stereocenters. The van der Waals surface area contributed by atoms with Gasteiger partial charge in [0, 0.05) is 5.69 Å². The number of amides is 1. The standard InChI is InChI=1S/C13H16ClNO5/c1-2-20-13(19)12(18)11(17)8-3-5-9(6-4-8)15-10(16)7-14/h3-6,11-12,17-18H,2,7H2,1H3,(H,15,16). The Morgan fingerprint density at radius 2 is 1.90 bits per heavy atom. The summed E-state index contributed by atoms with van der Waals surface area (Å²) >= 11 is 5.35. The Morgan fingerprint density at radius 3 is 2.40 bits per heavy atom. The van der Waals surface area contributed by atoms with Gasteiger partial charge in [0.25, 0.3) is 0 Å². The minimum atomic E-state index is -1.65. The molecule has 0 radical (unpaired) electrons. The van der Waals surface area contributed by atoms with Gasteiger partial charge in [0.15, 0.2) is 6.10 Å². The van der Waals surface area contributed by atoms with Crippen LogP contribution in [0.4, 0.5) is 5.69 Å². The summed E-state index contributed by atoms with van der Waals surface area (Å²) < 4.78 is 4.62. The van der Waals surface area contributed by atoms with Gasteiger partial charge in [-0.1, -0.05) is 12.1 Å². The topological polar surface area (TPSA) is 95.9 Å². The molecular weight excluding hydrogens is 286 g/mol. The summed E-state index contributed by atoms with van der Waals surface area (Å²) in [7, 11) is 0. The second-order valence-electron chi connectivity index (χ2n) is 3.95. The third-order valence-electron chi connectivity index (χ3n) is 2.48. The largest absolute Gasteiger partial charge is 0.464 e. The maximum atomic E-state index is 11.3. The highest BCUT2D eigenvalue weighted by atomic mass is 35.5. The lowest BCUT2D eigenvalue weighted by atomic mass is 10.0. The van der Waals surface area contributed by atoms with Crippen LogP contribution in [0.15, 0.2) is 24.3 Å². The molecule has 2 atom stereocenters. The van der Waals surface area contributed by atoms with E-state index in [1.807, 2.05) is 0 Å². The molecule has 0 fully saturated rings. The lowest BCUT2D eigenvalue weighted by Crippen LogP contribution is -2.29. The molecule has 3 N–H and O–H groups in total. The van der Waals surface area contributed by atoms with Crippen molar-refractivity contribution in [1.82, 2.24) is 0 Å². The van der Waals surface area contributed by atoms with E-state index in [1.165, 1.54) is 24.3 Å². The first-order chi connectivity index (χ1) is 9.49. The normalized spacial score (nSPS) is 13.4. The Balaban J connectivity index is 2.72. The molecular formula is C13H16ClNO5. The van der Waals surface area contributed by atoms with Crippen molar-refractivity contribution in [2.45, 2.75) is 19.1 Å². The number of esters is 1. The number of ether oxygens (including phenoxy) is 1. The molecule has 7 heteroatoms. The summed E-state index contributed by atoms with van der Waals surface area (Å²) in [5, 5.41) is 22.0. The molecule has 1 rings (SSSR count). The first kappa shape index (κ1) is 16.4. The number of aliphatic hydroxyl groups excluding tert-OH is 2. The van der Waals surface area contributed by atoms with Gasteiger partial charge in [0.2, 0.25) is 5.91 Å². The predicted octanol–water partition coefficient (Wildman–Crippen LogP) is 0.821. The van der Waals surface area contributed by atoms with Crippen LogP contribution in [0.2, 0.25) is 0 Å². The van der Waals surface area contributed by atoms with Crippen molar-refractivity contribution in [3.63, 3.8) is 0 Å². The second-order valence-corrected chi connectivity index (χ2v) is 4.21. The van der Waals surface area contributed by atoms with Crippen LogP contribution in [-0.4, -0.2) is 40.7 Å². The SMILES string of the molecule is CCOC(=O)C(O)C(O)c1ccc(NC(=O)CCl)cc1. The third-order valence-corrected chi connectivity index (χ3v) is 2.73. The molecule has 0 heterocycles. The van der Waals surface area contributed by atoms with E-state index in [9.17, 15) is 19.8 Å². The minimum absolute atomic E-state index is 0.117. The van der Waals surface area contributed by atoms with Gasteiger partial charge in [-0.05, 0) is 24.6 Å². The molecule has 0 saturated carbocycles. The lowest BCUT2D eigenvalue weighted by molar-refractivity contribution is -0.159. The van der Waals surface area contributed by atoms with Gasteiger partial charge in [-0.15, -0.1) is 11.6 Å². The van der Waals surface area contributed by atoms with Crippen LogP contribution in [-0.2, 0) is 14.3 Å². The first-order valence-electron chi connectivity index (χ1n) is 5.98. The van der Waals surface area contributed by atoms with Crippen molar-refractivity contribution in [2.75, 3.05) is 17.8 Å². The van der Waals surface area contributed by atoms with Crippen molar-refractivity contribution in [1.29, 1.82) is 0 Å². The summed E-state index contributed by atoms with van der Waals surface area (Å²) in [6, 6.07) is 6.02. The summed E-state index contributed by atoms with van der Waals surface area (Å²) in [4.78, 5) is 22.4. The highest BCUT2D eigenvalue weighted by Gasteiger charge is 2.26. The molecule has 0 aromatic heterocycles. The van der Waals surface area contributed by atoms with E-state index in [0.29, 0.717) is 11.3 Å². The Bertz CT molecular complexity index is 462. The highest BCUT2D eigenvalue weighted by Crippen LogP contribution is 2.20.